The number of hydrogen-bond acceptors (Lipinski definition) is 7. The molecular formula is C22H23BN6O2. The second-order valence-corrected chi connectivity index (χ2v) is 7.74. The Morgan fingerprint density at radius 3 is 2.71 bits per heavy atom. The van der Waals surface area contributed by atoms with Crippen LogP contribution in [0.4, 0.5) is 11.5 Å². The first kappa shape index (κ1) is 19.5. The third-order valence-corrected chi connectivity index (χ3v) is 5.65. The van der Waals surface area contributed by atoms with Crippen molar-refractivity contribution in [1.29, 1.82) is 0 Å². The zero-order valence-electron chi connectivity index (χ0n) is 17.2. The molecule has 1 aliphatic heterocycles. The summed E-state index contributed by atoms with van der Waals surface area (Å²) in [6.45, 7) is 1.61. The third-order valence-electron chi connectivity index (χ3n) is 5.65. The summed E-state index contributed by atoms with van der Waals surface area (Å²) in [5, 5.41) is 28.0. The molecule has 9 heteroatoms. The number of hydrogen-bond donors (Lipinski definition) is 3. The molecule has 31 heavy (non-hydrogen) atoms. The van der Waals surface area contributed by atoms with Crippen LogP contribution in [-0.4, -0.2) is 50.5 Å². The predicted octanol–water partition coefficient (Wildman–Crippen LogP) is 1.49. The minimum Gasteiger partial charge on any atom is -0.423 e. The molecule has 156 valence electrons. The summed E-state index contributed by atoms with van der Waals surface area (Å²) in [5.74, 6) is 1.23. The quantitative estimate of drug-likeness (QED) is 0.426. The van der Waals surface area contributed by atoms with Gasteiger partial charge in [0.1, 0.15) is 5.69 Å². The standard InChI is InChI=1S/C22H23BN6O2/c1-28-12-6-10-18-20(28)21(24-13-15-7-3-2-4-8-15)27-22(26-18)29-19-11-5-9-17(23(30)31)16(19)14-25-29/h2-5,7-9,11,14,30-31H,6,10,12-13H2,1H3,(H,24,26,27). The number of nitrogens with zero attached hydrogens (tertiary/aromatic N) is 5. The van der Waals surface area contributed by atoms with Crippen LogP contribution in [0.3, 0.4) is 0 Å². The zero-order valence-corrected chi connectivity index (χ0v) is 17.2. The predicted molar refractivity (Wildman–Crippen MR) is 122 cm³/mol. The Morgan fingerprint density at radius 2 is 1.90 bits per heavy atom. The molecule has 0 fully saturated rings. The van der Waals surface area contributed by atoms with Gasteiger partial charge in [-0.15, -0.1) is 0 Å². The molecule has 5 rings (SSSR count). The normalized spacial score (nSPS) is 13.3. The van der Waals surface area contributed by atoms with E-state index < -0.39 is 7.12 Å². The second-order valence-electron chi connectivity index (χ2n) is 7.74. The van der Waals surface area contributed by atoms with E-state index in [1.807, 2.05) is 24.3 Å². The Hall–Kier alpha value is -3.43. The summed E-state index contributed by atoms with van der Waals surface area (Å²) in [5.41, 5.74) is 4.30. The largest absolute Gasteiger partial charge is 0.489 e. The maximum Gasteiger partial charge on any atom is 0.489 e. The Balaban J connectivity index is 1.60. The highest BCUT2D eigenvalue weighted by Crippen LogP contribution is 2.32. The fourth-order valence-corrected chi connectivity index (χ4v) is 4.12. The monoisotopic (exact) mass is 414 g/mol. The average molecular weight is 414 g/mol. The summed E-state index contributed by atoms with van der Waals surface area (Å²) >= 11 is 0. The molecule has 3 N–H and O–H groups in total. The number of benzene rings is 2. The van der Waals surface area contributed by atoms with Gasteiger partial charge in [-0.2, -0.15) is 14.8 Å². The van der Waals surface area contributed by atoms with Gasteiger partial charge in [-0.05, 0) is 29.9 Å². The van der Waals surface area contributed by atoms with Gasteiger partial charge in [-0.3, -0.25) is 0 Å². The first-order valence-electron chi connectivity index (χ1n) is 10.3. The number of aromatic nitrogens is 4. The van der Waals surface area contributed by atoms with Gasteiger partial charge in [0.25, 0.3) is 5.95 Å². The maximum absolute atomic E-state index is 9.68. The van der Waals surface area contributed by atoms with E-state index in [-0.39, 0.29) is 0 Å². The summed E-state index contributed by atoms with van der Waals surface area (Å²) in [4.78, 5) is 11.9. The van der Waals surface area contributed by atoms with E-state index in [4.69, 9.17) is 9.97 Å². The highest BCUT2D eigenvalue weighted by Gasteiger charge is 2.24. The zero-order chi connectivity index (χ0) is 21.4. The number of anilines is 2. The van der Waals surface area contributed by atoms with E-state index in [2.05, 4.69) is 34.5 Å². The molecule has 0 unspecified atom stereocenters. The highest BCUT2D eigenvalue weighted by molar-refractivity contribution is 6.61. The molecule has 0 saturated carbocycles. The lowest BCUT2D eigenvalue weighted by Crippen LogP contribution is -2.30. The average Bonchev–Trinajstić information content (AvgIpc) is 3.22. The summed E-state index contributed by atoms with van der Waals surface area (Å²) in [6, 6.07) is 15.5. The van der Waals surface area contributed by atoms with Crippen molar-refractivity contribution in [2.75, 3.05) is 23.8 Å². The van der Waals surface area contributed by atoms with Crippen LogP contribution in [0.1, 0.15) is 17.7 Å². The van der Waals surface area contributed by atoms with Gasteiger partial charge in [-0.1, -0.05) is 42.5 Å². The van der Waals surface area contributed by atoms with Crippen LogP contribution < -0.4 is 15.7 Å². The van der Waals surface area contributed by atoms with Crippen LogP contribution in [-0.2, 0) is 13.0 Å². The number of fused-ring (bicyclic) bond motifs is 2. The fourth-order valence-electron chi connectivity index (χ4n) is 4.12. The molecule has 8 nitrogen and oxygen atoms in total. The lowest BCUT2D eigenvalue weighted by atomic mass is 9.78. The molecule has 4 aromatic rings. The highest BCUT2D eigenvalue weighted by atomic mass is 16.4. The van der Waals surface area contributed by atoms with Crippen LogP contribution >= 0.6 is 0 Å². The molecule has 0 atom stereocenters. The molecule has 2 aromatic carbocycles. The molecule has 1 aliphatic rings. The van der Waals surface area contributed by atoms with Gasteiger partial charge >= 0.3 is 7.12 Å². The summed E-state index contributed by atoms with van der Waals surface area (Å²) < 4.78 is 1.66. The summed E-state index contributed by atoms with van der Waals surface area (Å²) in [7, 11) is 0.495. The van der Waals surface area contributed by atoms with Crippen molar-refractivity contribution in [2.24, 2.45) is 0 Å². The van der Waals surface area contributed by atoms with Crippen LogP contribution in [0, 0.1) is 0 Å². The number of nitrogens with one attached hydrogen (secondary N) is 1. The topological polar surface area (TPSA) is 99.3 Å². The van der Waals surface area contributed by atoms with Crippen LogP contribution in [0.5, 0.6) is 0 Å². The number of rotatable bonds is 5. The van der Waals surface area contributed by atoms with Gasteiger partial charge < -0.3 is 20.3 Å². The maximum atomic E-state index is 9.68. The Labute approximate surface area is 180 Å². The Bertz CT molecular complexity index is 1230. The van der Waals surface area contributed by atoms with Gasteiger partial charge in [0, 0.05) is 25.5 Å². The van der Waals surface area contributed by atoms with Gasteiger partial charge in [0.05, 0.1) is 17.4 Å². The molecular weight excluding hydrogens is 391 g/mol. The Kier molecular flexibility index (Phi) is 5.05. The molecule has 0 bridgehead atoms. The van der Waals surface area contributed by atoms with Crippen LogP contribution in [0.2, 0.25) is 0 Å². The number of aryl methyl sites for hydroxylation is 1. The summed E-state index contributed by atoms with van der Waals surface area (Å²) in [6.07, 6.45) is 3.52. The molecule has 0 spiro atoms. The second kappa shape index (κ2) is 8.01. The lowest BCUT2D eigenvalue weighted by molar-refractivity contribution is 0.426. The molecule has 3 heterocycles. The van der Waals surface area contributed by atoms with Crippen molar-refractivity contribution < 1.29 is 10.0 Å². The third kappa shape index (κ3) is 3.62. The minimum absolute atomic E-state index is 0.406. The van der Waals surface area contributed by atoms with Crippen molar-refractivity contribution in [2.45, 2.75) is 19.4 Å². The molecule has 0 saturated heterocycles. The minimum atomic E-state index is -1.57. The van der Waals surface area contributed by atoms with Gasteiger partial charge in [0.15, 0.2) is 5.82 Å². The molecule has 2 aromatic heterocycles. The van der Waals surface area contributed by atoms with E-state index in [9.17, 15) is 10.0 Å². The van der Waals surface area contributed by atoms with Gasteiger partial charge in [-0.25, -0.2) is 4.98 Å². The Morgan fingerprint density at radius 1 is 1.06 bits per heavy atom. The van der Waals surface area contributed by atoms with Crippen molar-refractivity contribution in [1.82, 2.24) is 19.7 Å². The SMILES string of the molecule is CN1CCCc2nc(-n3ncc4c(B(O)O)cccc43)nc(NCc3ccccc3)c21. The van der Waals surface area contributed by atoms with E-state index in [0.29, 0.717) is 23.3 Å². The first-order chi connectivity index (χ1) is 15.1. The molecule has 0 aliphatic carbocycles. The van der Waals surface area contributed by atoms with E-state index >= 15 is 0 Å². The fraction of sp³-hybridized carbons (Fsp3) is 0.227. The van der Waals surface area contributed by atoms with E-state index in [1.165, 1.54) is 5.56 Å². The van der Waals surface area contributed by atoms with Crippen LogP contribution in [0.15, 0.2) is 54.7 Å². The van der Waals surface area contributed by atoms with E-state index in [0.717, 1.165) is 42.1 Å². The van der Waals surface area contributed by atoms with Crippen molar-refractivity contribution in [3.63, 3.8) is 0 Å². The van der Waals surface area contributed by atoms with E-state index in [1.54, 1.807) is 23.0 Å². The van der Waals surface area contributed by atoms with Crippen molar-refractivity contribution in [3.05, 3.63) is 66.0 Å². The first-order valence-corrected chi connectivity index (χ1v) is 10.3. The van der Waals surface area contributed by atoms with Crippen LogP contribution in [0.25, 0.3) is 16.9 Å². The van der Waals surface area contributed by atoms with Crippen molar-refractivity contribution >= 4 is 35.0 Å². The lowest BCUT2D eigenvalue weighted by Gasteiger charge is -2.29. The van der Waals surface area contributed by atoms with Crippen molar-refractivity contribution in [3.8, 4) is 5.95 Å². The van der Waals surface area contributed by atoms with Gasteiger partial charge in [0.2, 0.25) is 0 Å². The smallest absolute Gasteiger partial charge is 0.423 e. The molecule has 0 radical (unpaired) electrons. The molecule has 0 amide bonds.